The molecule has 6 nitrogen and oxygen atoms in total. The summed E-state index contributed by atoms with van der Waals surface area (Å²) < 4.78 is 11.8. The Kier molecular flexibility index (Phi) is 9.76. The average Bonchev–Trinajstić information content (AvgIpc) is 3.30. The first kappa shape index (κ1) is 30.9. The number of rotatable bonds is 9. The lowest BCUT2D eigenvalue weighted by atomic mass is 9.51. The first-order chi connectivity index (χ1) is 19.1. The second kappa shape index (κ2) is 12.6. The molecular weight excluding hydrogens is 504 g/mol. The summed E-state index contributed by atoms with van der Waals surface area (Å²) in [6.07, 6.45) is 10.1. The van der Waals surface area contributed by atoms with Crippen LogP contribution >= 0.6 is 0 Å². The average molecular weight is 563 g/mol. The predicted molar refractivity (Wildman–Crippen MR) is 156 cm³/mol. The van der Waals surface area contributed by atoms with E-state index in [1.807, 2.05) is 0 Å². The smallest absolute Gasteiger partial charge is 0.186 e. The fourth-order valence-electron chi connectivity index (χ4n) is 10.4. The second-order valence-electron chi connectivity index (χ2n) is 15.0. The van der Waals surface area contributed by atoms with E-state index in [1.54, 1.807) is 0 Å². The van der Waals surface area contributed by atoms with Crippen molar-refractivity contribution in [2.24, 2.45) is 52.8 Å². The van der Waals surface area contributed by atoms with Crippen molar-refractivity contribution < 1.29 is 29.9 Å². The van der Waals surface area contributed by atoms with Crippen molar-refractivity contribution in [2.45, 2.75) is 142 Å². The summed E-state index contributed by atoms with van der Waals surface area (Å²) in [5.74, 6) is 6.44. The van der Waals surface area contributed by atoms with E-state index in [9.17, 15) is 20.4 Å². The van der Waals surface area contributed by atoms with E-state index >= 15 is 0 Å². The molecule has 0 aromatic carbocycles. The number of ether oxygens (including phenoxy) is 2. The molecule has 230 valence electrons. The van der Waals surface area contributed by atoms with Crippen LogP contribution in [0.2, 0.25) is 0 Å². The molecule has 40 heavy (non-hydrogen) atoms. The largest absolute Gasteiger partial charge is 0.394 e. The van der Waals surface area contributed by atoms with E-state index in [0.29, 0.717) is 11.3 Å². The number of aliphatic hydroxyl groups is 4. The normalized spacial score (nSPS) is 46.8. The van der Waals surface area contributed by atoms with Gasteiger partial charge in [0.25, 0.3) is 0 Å². The van der Waals surface area contributed by atoms with Crippen molar-refractivity contribution >= 4 is 0 Å². The zero-order valence-electron chi connectivity index (χ0n) is 25.8. The summed E-state index contributed by atoms with van der Waals surface area (Å²) in [4.78, 5) is 0. The molecule has 0 amide bonds. The van der Waals surface area contributed by atoms with Crippen molar-refractivity contribution in [3.8, 4) is 0 Å². The fraction of sp³-hybridized carbons (Fsp3) is 0.941. The summed E-state index contributed by atoms with van der Waals surface area (Å²) in [7, 11) is 0. The maximum atomic E-state index is 10.5. The van der Waals surface area contributed by atoms with Crippen LogP contribution in [-0.2, 0) is 9.47 Å². The van der Waals surface area contributed by atoms with E-state index in [2.05, 4.69) is 40.7 Å². The second-order valence-corrected chi connectivity index (χ2v) is 15.0. The molecule has 5 rings (SSSR count). The lowest BCUT2D eigenvalue weighted by Gasteiger charge is -2.54. The van der Waals surface area contributed by atoms with Crippen LogP contribution in [-0.4, -0.2) is 63.8 Å². The molecule has 1 heterocycles. The van der Waals surface area contributed by atoms with Crippen LogP contribution < -0.4 is 0 Å². The number of hydrogen-bond acceptors (Lipinski definition) is 6. The SMILES string of the molecule is CCC(CCC(C)C1CCC2C3CC=C4CC(OC5OC(CO)C(O)C(O)C5O)CCC4C3CCC12C)C(C)C. The number of allylic oxidation sites excluding steroid dienone is 1. The summed E-state index contributed by atoms with van der Waals surface area (Å²) in [5.41, 5.74) is 2.02. The minimum atomic E-state index is -1.39. The van der Waals surface area contributed by atoms with E-state index < -0.39 is 37.3 Å². The van der Waals surface area contributed by atoms with Gasteiger partial charge in [0.15, 0.2) is 6.29 Å². The minimum Gasteiger partial charge on any atom is -0.394 e. The zero-order valence-corrected chi connectivity index (χ0v) is 25.8. The molecule has 4 fully saturated rings. The van der Waals surface area contributed by atoms with Crippen molar-refractivity contribution in [2.75, 3.05) is 6.61 Å². The van der Waals surface area contributed by atoms with Crippen LogP contribution in [0, 0.1) is 52.8 Å². The molecule has 0 radical (unpaired) electrons. The van der Waals surface area contributed by atoms with Gasteiger partial charge in [0.2, 0.25) is 0 Å². The molecule has 1 saturated heterocycles. The highest BCUT2D eigenvalue weighted by molar-refractivity contribution is 5.20. The standard InChI is InChI=1S/C34H58O6/c1-6-21(19(2)3)8-7-20(4)27-13-14-28-26-11-9-22-17-23(10-12-24(22)25(26)15-16-34(27,28)5)39-33-32(38)31(37)30(36)29(18-35)40-33/h9,19-21,23-33,35-38H,6-8,10-18H2,1-5H3. The Hall–Kier alpha value is -0.500. The first-order valence-electron chi connectivity index (χ1n) is 16.7. The lowest BCUT2D eigenvalue weighted by Crippen LogP contribution is -2.59. The van der Waals surface area contributed by atoms with E-state index in [0.717, 1.165) is 60.7 Å². The molecule has 0 aromatic heterocycles. The van der Waals surface area contributed by atoms with Gasteiger partial charge >= 0.3 is 0 Å². The molecule has 14 atom stereocenters. The Morgan fingerprint density at radius 2 is 1.75 bits per heavy atom. The Labute approximate surface area is 242 Å². The highest BCUT2D eigenvalue weighted by atomic mass is 16.7. The molecule has 4 aliphatic carbocycles. The van der Waals surface area contributed by atoms with Crippen LogP contribution in [0.5, 0.6) is 0 Å². The van der Waals surface area contributed by atoms with E-state index in [4.69, 9.17) is 9.47 Å². The van der Waals surface area contributed by atoms with E-state index in [1.165, 1.54) is 56.9 Å². The molecule has 3 saturated carbocycles. The van der Waals surface area contributed by atoms with Gasteiger partial charge in [-0.05, 0) is 111 Å². The molecule has 14 unspecified atom stereocenters. The molecule has 5 aliphatic rings. The van der Waals surface area contributed by atoms with Crippen molar-refractivity contribution in [1.82, 2.24) is 0 Å². The topological polar surface area (TPSA) is 99.4 Å². The number of aliphatic hydroxyl groups excluding tert-OH is 4. The van der Waals surface area contributed by atoms with Gasteiger partial charge in [-0.1, -0.05) is 59.1 Å². The molecular formula is C34H58O6. The molecule has 0 bridgehead atoms. The maximum Gasteiger partial charge on any atom is 0.186 e. The highest BCUT2D eigenvalue weighted by Crippen LogP contribution is 2.65. The van der Waals surface area contributed by atoms with Crippen molar-refractivity contribution in [3.63, 3.8) is 0 Å². The molecule has 0 aromatic rings. The summed E-state index contributed by atoms with van der Waals surface area (Å²) in [5, 5.41) is 40.2. The Bertz CT molecular complexity index is 872. The third kappa shape index (κ3) is 5.71. The van der Waals surface area contributed by atoms with Gasteiger partial charge in [0, 0.05) is 0 Å². The van der Waals surface area contributed by atoms with Crippen molar-refractivity contribution in [3.05, 3.63) is 11.6 Å². The van der Waals surface area contributed by atoms with Crippen LogP contribution in [0.25, 0.3) is 0 Å². The molecule has 1 aliphatic heterocycles. The van der Waals surface area contributed by atoms with Gasteiger partial charge in [-0.15, -0.1) is 0 Å². The van der Waals surface area contributed by atoms with Gasteiger partial charge in [-0.25, -0.2) is 0 Å². The quantitative estimate of drug-likeness (QED) is 0.279. The van der Waals surface area contributed by atoms with Crippen LogP contribution in [0.15, 0.2) is 11.6 Å². The van der Waals surface area contributed by atoms with Crippen molar-refractivity contribution in [1.29, 1.82) is 0 Å². The van der Waals surface area contributed by atoms with Crippen LogP contribution in [0.4, 0.5) is 0 Å². The molecule has 6 heteroatoms. The van der Waals surface area contributed by atoms with Crippen LogP contribution in [0.1, 0.15) is 105 Å². The third-order valence-corrected chi connectivity index (χ3v) is 12.8. The lowest BCUT2D eigenvalue weighted by molar-refractivity contribution is -0.312. The summed E-state index contributed by atoms with van der Waals surface area (Å²) in [6, 6.07) is 0. The Morgan fingerprint density at radius 3 is 2.45 bits per heavy atom. The summed E-state index contributed by atoms with van der Waals surface area (Å²) >= 11 is 0. The van der Waals surface area contributed by atoms with Crippen LogP contribution in [0.3, 0.4) is 0 Å². The van der Waals surface area contributed by atoms with E-state index in [-0.39, 0.29) is 6.10 Å². The predicted octanol–water partition coefficient (Wildman–Crippen LogP) is 5.46. The fourth-order valence-corrected chi connectivity index (χ4v) is 10.4. The van der Waals surface area contributed by atoms with Gasteiger partial charge in [0.1, 0.15) is 24.4 Å². The first-order valence-corrected chi connectivity index (χ1v) is 16.7. The number of fused-ring (bicyclic) bond motifs is 5. The Morgan fingerprint density at radius 1 is 0.975 bits per heavy atom. The third-order valence-electron chi connectivity index (χ3n) is 12.8. The van der Waals surface area contributed by atoms with Gasteiger partial charge in [-0.3, -0.25) is 0 Å². The van der Waals surface area contributed by atoms with Gasteiger partial charge in [-0.2, -0.15) is 0 Å². The Balaban J connectivity index is 1.20. The minimum absolute atomic E-state index is 0.0798. The number of hydrogen-bond donors (Lipinski definition) is 4. The summed E-state index contributed by atoms with van der Waals surface area (Å²) in [6.45, 7) is 11.9. The van der Waals surface area contributed by atoms with Gasteiger partial charge in [0.05, 0.1) is 12.7 Å². The molecule has 4 N–H and O–H groups in total. The van der Waals surface area contributed by atoms with Gasteiger partial charge < -0.3 is 29.9 Å². The molecule has 0 spiro atoms. The maximum absolute atomic E-state index is 10.5. The monoisotopic (exact) mass is 562 g/mol. The highest BCUT2D eigenvalue weighted by Gasteiger charge is 2.57. The zero-order chi connectivity index (χ0) is 28.8.